The van der Waals surface area contributed by atoms with E-state index in [0.29, 0.717) is 5.75 Å². The highest BCUT2D eigenvalue weighted by Gasteiger charge is 2.15. The van der Waals surface area contributed by atoms with Crippen LogP contribution >= 0.6 is 0 Å². The summed E-state index contributed by atoms with van der Waals surface area (Å²) < 4.78 is 0. The summed E-state index contributed by atoms with van der Waals surface area (Å²) in [6.45, 7) is 3.01. The Bertz CT molecular complexity index is 307. The lowest BCUT2D eigenvalue weighted by Crippen LogP contribution is -1.90. The van der Waals surface area contributed by atoms with Crippen molar-refractivity contribution in [2.75, 3.05) is 11.9 Å². The highest BCUT2D eigenvalue weighted by atomic mass is 16.3. The van der Waals surface area contributed by atoms with Gasteiger partial charge in [-0.2, -0.15) is 0 Å². The lowest BCUT2D eigenvalue weighted by atomic mass is 10.0. The summed E-state index contributed by atoms with van der Waals surface area (Å²) in [5.41, 5.74) is 3.25. The Morgan fingerprint density at radius 1 is 1.50 bits per heavy atom. The molecule has 0 fully saturated rings. The SMILES string of the molecule is CCc1ccc2c(c1O)CCN2. The highest BCUT2D eigenvalue weighted by molar-refractivity contribution is 5.63. The number of fused-ring (bicyclic) bond motifs is 1. The second-order valence-corrected chi connectivity index (χ2v) is 3.13. The van der Waals surface area contributed by atoms with Crippen molar-refractivity contribution in [3.05, 3.63) is 23.3 Å². The molecule has 0 aromatic heterocycles. The van der Waals surface area contributed by atoms with Gasteiger partial charge < -0.3 is 10.4 Å². The van der Waals surface area contributed by atoms with Gasteiger partial charge in [0.05, 0.1) is 0 Å². The molecule has 0 radical (unpaired) electrons. The monoisotopic (exact) mass is 163 g/mol. The van der Waals surface area contributed by atoms with Gasteiger partial charge in [-0.3, -0.25) is 0 Å². The van der Waals surface area contributed by atoms with Crippen LogP contribution in [0.3, 0.4) is 0 Å². The first-order valence-corrected chi connectivity index (χ1v) is 4.40. The van der Waals surface area contributed by atoms with Gasteiger partial charge in [0.25, 0.3) is 0 Å². The molecule has 1 heterocycles. The van der Waals surface area contributed by atoms with Crippen molar-refractivity contribution in [2.45, 2.75) is 19.8 Å². The molecule has 1 aliphatic rings. The lowest BCUT2D eigenvalue weighted by Gasteiger charge is -2.06. The molecular formula is C10H13NO. The summed E-state index contributed by atoms with van der Waals surface area (Å²) in [5, 5.41) is 13.0. The van der Waals surface area contributed by atoms with Crippen molar-refractivity contribution in [3.8, 4) is 5.75 Å². The molecule has 0 bridgehead atoms. The first kappa shape index (κ1) is 7.47. The van der Waals surface area contributed by atoms with E-state index in [9.17, 15) is 5.11 Å². The van der Waals surface area contributed by atoms with Gasteiger partial charge in [-0.15, -0.1) is 0 Å². The first-order chi connectivity index (χ1) is 5.83. The van der Waals surface area contributed by atoms with Crippen LogP contribution in [0.5, 0.6) is 5.75 Å². The van der Waals surface area contributed by atoms with Crippen molar-refractivity contribution in [3.63, 3.8) is 0 Å². The number of hydrogen-bond acceptors (Lipinski definition) is 2. The van der Waals surface area contributed by atoms with E-state index in [1.807, 2.05) is 6.07 Å². The third kappa shape index (κ3) is 0.951. The molecule has 0 aliphatic carbocycles. The number of nitrogens with one attached hydrogen (secondary N) is 1. The second kappa shape index (κ2) is 2.70. The average molecular weight is 163 g/mol. The van der Waals surface area contributed by atoms with Crippen molar-refractivity contribution < 1.29 is 5.11 Å². The van der Waals surface area contributed by atoms with E-state index in [-0.39, 0.29) is 0 Å². The highest BCUT2D eigenvalue weighted by Crippen LogP contribution is 2.33. The van der Waals surface area contributed by atoms with Gasteiger partial charge in [-0.1, -0.05) is 13.0 Å². The fourth-order valence-electron chi connectivity index (χ4n) is 1.71. The summed E-state index contributed by atoms with van der Waals surface area (Å²) in [6.07, 6.45) is 1.86. The number of rotatable bonds is 1. The van der Waals surface area contributed by atoms with Gasteiger partial charge in [0.1, 0.15) is 5.75 Å². The topological polar surface area (TPSA) is 32.3 Å². The van der Waals surface area contributed by atoms with Crippen LogP contribution in [-0.2, 0) is 12.8 Å². The number of hydrogen-bond donors (Lipinski definition) is 2. The van der Waals surface area contributed by atoms with Gasteiger partial charge >= 0.3 is 0 Å². The minimum absolute atomic E-state index is 0.500. The summed E-state index contributed by atoms with van der Waals surface area (Å²) in [6, 6.07) is 4.05. The van der Waals surface area contributed by atoms with Crippen LogP contribution in [0.4, 0.5) is 5.69 Å². The zero-order valence-corrected chi connectivity index (χ0v) is 7.22. The Morgan fingerprint density at radius 3 is 3.08 bits per heavy atom. The molecule has 0 unspecified atom stereocenters. The molecule has 0 spiro atoms. The first-order valence-electron chi connectivity index (χ1n) is 4.40. The lowest BCUT2D eigenvalue weighted by molar-refractivity contribution is 0.464. The zero-order valence-electron chi connectivity index (χ0n) is 7.22. The van der Waals surface area contributed by atoms with E-state index in [1.165, 1.54) is 0 Å². The number of benzene rings is 1. The number of phenols is 1. The molecule has 0 saturated carbocycles. The summed E-state index contributed by atoms with van der Waals surface area (Å²) in [4.78, 5) is 0. The van der Waals surface area contributed by atoms with Gasteiger partial charge in [0.2, 0.25) is 0 Å². The second-order valence-electron chi connectivity index (χ2n) is 3.13. The van der Waals surface area contributed by atoms with Crippen LogP contribution in [0.1, 0.15) is 18.1 Å². The van der Waals surface area contributed by atoms with E-state index >= 15 is 0 Å². The van der Waals surface area contributed by atoms with Crippen LogP contribution in [0.2, 0.25) is 0 Å². The van der Waals surface area contributed by atoms with Gasteiger partial charge in [0.15, 0.2) is 0 Å². The molecule has 2 nitrogen and oxygen atoms in total. The fourth-order valence-corrected chi connectivity index (χ4v) is 1.71. The molecule has 64 valence electrons. The number of aryl methyl sites for hydroxylation is 1. The fraction of sp³-hybridized carbons (Fsp3) is 0.400. The maximum atomic E-state index is 9.77. The maximum absolute atomic E-state index is 9.77. The average Bonchev–Trinajstić information content (AvgIpc) is 2.53. The minimum Gasteiger partial charge on any atom is -0.507 e. The summed E-state index contributed by atoms with van der Waals surface area (Å²) in [7, 11) is 0. The van der Waals surface area contributed by atoms with E-state index < -0.39 is 0 Å². The molecule has 0 amide bonds. The van der Waals surface area contributed by atoms with E-state index in [1.54, 1.807) is 0 Å². The third-order valence-electron chi connectivity index (χ3n) is 2.44. The van der Waals surface area contributed by atoms with Crippen molar-refractivity contribution in [1.29, 1.82) is 0 Å². The van der Waals surface area contributed by atoms with Gasteiger partial charge in [-0.05, 0) is 24.5 Å². The predicted molar refractivity (Wildman–Crippen MR) is 49.7 cm³/mol. The van der Waals surface area contributed by atoms with Crippen LogP contribution in [0.15, 0.2) is 12.1 Å². The quantitative estimate of drug-likeness (QED) is 0.663. The molecule has 2 N–H and O–H groups in total. The Hall–Kier alpha value is -1.18. The Morgan fingerprint density at radius 2 is 2.33 bits per heavy atom. The minimum atomic E-state index is 0.500. The van der Waals surface area contributed by atoms with Crippen molar-refractivity contribution in [2.24, 2.45) is 0 Å². The van der Waals surface area contributed by atoms with E-state index in [2.05, 4.69) is 18.3 Å². The van der Waals surface area contributed by atoms with Crippen LogP contribution < -0.4 is 5.32 Å². The predicted octanol–water partition coefficient (Wildman–Crippen LogP) is 1.92. The molecule has 0 atom stereocenters. The Balaban J connectivity index is 2.54. The number of aromatic hydroxyl groups is 1. The van der Waals surface area contributed by atoms with Gasteiger partial charge in [0, 0.05) is 17.8 Å². The third-order valence-corrected chi connectivity index (χ3v) is 2.44. The molecule has 2 rings (SSSR count). The largest absolute Gasteiger partial charge is 0.507 e. The number of phenolic OH excluding ortho intramolecular Hbond substituents is 1. The molecule has 12 heavy (non-hydrogen) atoms. The zero-order chi connectivity index (χ0) is 8.55. The van der Waals surface area contributed by atoms with Crippen LogP contribution in [0, 0.1) is 0 Å². The summed E-state index contributed by atoms with van der Waals surface area (Å²) >= 11 is 0. The van der Waals surface area contributed by atoms with Crippen molar-refractivity contribution >= 4 is 5.69 Å². The molecule has 0 saturated heterocycles. The molecule has 1 aromatic rings. The molecular weight excluding hydrogens is 150 g/mol. The standard InChI is InChI=1S/C10H13NO/c1-2-7-3-4-9-8(10(7)12)5-6-11-9/h3-4,11-12H,2,5-6H2,1H3. The Labute approximate surface area is 72.2 Å². The Kier molecular flexibility index (Phi) is 1.68. The van der Waals surface area contributed by atoms with Crippen LogP contribution in [0.25, 0.3) is 0 Å². The van der Waals surface area contributed by atoms with E-state index in [0.717, 1.165) is 36.2 Å². The smallest absolute Gasteiger partial charge is 0.124 e. The van der Waals surface area contributed by atoms with Crippen molar-refractivity contribution in [1.82, 2.24) is 0 Å². The van der Waals surface area contributed by atoms with E-state index in [4.69, 9.17) is 0 Å². The van der Waals surface area contributed by atoms with Gasteiger partial charge in [-0.25, -0.2) is 0 Å². The summed E-state index contributed by atoms with van der Waals surface area (Å²) in [5.74, 6) is 0.500. The normalized spacial score (nSPS) is 14.1. The number of anilines is 1. The molecule has 2 heteroatoms. The maximum Gasteiger partial charge on any atom is 0.124 e. The molecule has 1 aliphatic heterocycles. The molecule has 1 aromatic carbocycles. The van der Waals surface area contributed by atoms with Crippen LogP contribution in [-0.4, -0.2) is 11.7 Å².